The smallest absolute Gasteiger partial charge is 0.287 e. The molecule has 0 saturated carbocycles. The zero-order valence-electron chi connectivity index (χ0n) is 14.1. The van der Waals surface area contributed by atoms with Crippen LogP contribution in [0.5, 0.6) is 5.75 Å². The molecule has 4 rings (SSSR count). The van der Waals surface area contributed by atoms with E-state index in [0.29, 0.717) is 17.9 Å². The summed E-state index contributed by atoms with van der Waals surface area (Å²) >= 11 is 1.63. The van der Waals surface area contributed by atoms with Gasteiger partial charge in [0, 0.05) is 29.1 Å². The third kappa shape index (κ3) is 3.19. The van der Waals surface area contributed by atoms with Crippen LogP contribution in [0.4, 0.5) is 0 Å². The molecule has 3 aromatic heterocycles. The Morgan fingerprint density at radius 3 is 3.00 bits per heavy atom. The summed E-state index contributed by atoms with van der Waals surface area (Å²) in [6, 6.07) is 13.2. The maximum atomic E-state index is 12.4. The molecule has 0 saturated heterocycles. The Morgan fingerprint density at radius 1 is 1.27 bits per heavy atom. The molecule has 1 aromatic carbocycles. The molecule has 130 valence electrons. The Morgan fingerprint density at radius 2 is 2.19 bits per heavy atom. The number of aromatic nitrogens is 1. The number of pyridine rings is 1. The fraction of sp³-hybridized carbons (Fsp3) is 0.100. The fourth-order valence-corrected chi connectivity index (χ4v) is 3.38. The average molecular weight is 364 g/mol. The van der Waals surface area contributed by atoms with Gasteiger partial charge in [0.15, 0.2) is 17.1 Å². The van der Waals surface area contributed by atoms with Gasteiger partial charge in [-0.25, -0.2) is 0 Å². The van der Waals surface area contributed by atoms with E-state index in [1.807, 2.05) is 41.1 Å². The van der Waals surface area contributed by atoms with Crippen molar-refractivity contribution in [3.63, 3.8) is 0 Å². The number of ether oxygens (including phenoxy) is 1. The number of para-hydroxylation sites is 1. The largest absolute Gasteiger partial charge is 0.493 e. The van der Waals surface area contributed by atoms with E-state index in [1.165, 1.54) is 0 Å². The lowest BCUT2D eigenvalue weighted by Crippen LogP contribution is -2.22. The molecule has 1 N–H and O–H groups in total. The highest BCUT2D eigenvalue weighted by molar-refractivity contribution is 7.08. The van der Waals surface area contributed by atoms with Gasteiger partial charge in [-0.1, -0.05) is 12.1 Å². The third-order valence-corrected chi connectivity index (χ3v) is 4.73. The zero-order chi connectivity index (χ0) is 17.9. The molecule has 0 atom stereocenters. The molecule has 0 unspecified atom stereocenters. The molecule has 5 nitrogen and oxygen atoms in total. The summed E-state index contributed by atoms with van der Waals surface area (Å²) in [5, 5.41) is 7.78. The maximum absolute atomic E-state index is 12.4. The first kappa shape index (κ1) is 16.4. The molecule has 0 fully saturated rings. The first-order valence-corrected chi connectivity index (χ1v) is 9.01. The SMILES string of the molecule is COc1cccc2cc(C(=O)NCc3ccnc(-c4ccsc4)c3)oc12. The minimum Gasteiger partial charge on any atom is -0.493 e. The molecule has 26 heavy (non-hydrogen) atoms. The normalized spacial score (nSPS) is 10.8. The Labute approximate surface area is 154 Å². The van der Waals surface area contributed by atoms with Gasteiger partial charge in [0.2, 0.25) is 0 Å². The number of nitrogens with zero attached hydrogens (tertiary/aromatic N) is 1. The summed E-state index contributed by atoms with van der Waals surface area (Å²) < 4.78 is 10.9. The minimum absolute atomic E-state index is 0.261. The van der Waals surface area contributed by atoms with Gasteiger partial charge < -0.3 is 14.5 Å². The van der Waals surface area contributed by atoms with Crippen molar-refractivity contribution >= 4 is 28.2 Å². The number of benzene rings is 1. The topological polar surface area (TPSA) is 64.4 Å². The zero-order valence-corrected chi connectivity index (χ0v) is 14.9. The van der Waals surface area contributed by atoms with E-state index in [9.17, 15) is 4.79 Å². The summed E-state index contributed by atoms with van der Waals surface area (Å²) in [6.45, 7) is 0.396. The standard InChI is InChI=1S/C20H16N2O3S/c1-24-17-4-2-3-14-10-18(25-19(14)17)20(23)22-11-13-5-7-21-16(9-13)15-6-8-26-12-15/h2-10,12H,11H2,1H3,(H,22,23). The molecule has 4 aromatic rings. The van der Waals surface area contributed by atoms with E-state index in [4.69, 9.17) is 9.15 Å². The lowest BCUT2D eigenvalue weighted by atomic mass is 10.1. The molecular formula is C20H16N2O3S. The minimum atomic E-state index is -0.267. The fourth-order valence-electron chi connectivity index (χ4n) is 2.73. The van der Waals surface area contributed by atoms with Gasteiger partial charge >= 0.3 is 0 Å². The average Bonchev–Trinajstić information content (AvgIpc) is 3.35. The number of carbonyl (C=O) groups is 1. The van der Waals surface area contributed by atoms with Crippen molar-refractivity contribution in [3.05, 3.63) is 70.7 Å². The van der Waals surface area contributed by atoms with Crippen molar-refractivity contribution in [2.24, 2.45) is 0 Å². The number of furan rings is 1. The predicted octanol–water partition coefficient (Wildman–Crippen LogP) is 4.49. The van der Waals surface area contributed by atoms with Gasteiger partial charge in [0.1, 0.15) is 0 Å². The van der Waals surface area contributed by atoms with Gasteiger partial charge in [-0.3, -0.25) is 9.78 Å². The van der Waals surface area contributed by atoms with E-state index in [1.54, 1.807) is 36.8 Å². The summed E-state index contributed by atoms with van der Waals surface area (Å²) in [4.78, 5) is 16.8. The highest BCUT2D eigenvalue weighted by atomic mass is 32.1. The molecule has 0 aliphatic carbocycles. The summed E-state index contributed by atoms with van der Waals surface area (Å²) in [6.07, 6.45) is 1.75. The molecule has 6 heteroatoms. The number of hydrogen-bond acceptors (Lipinski definition) is 5. The number of nitrogens with one attached hydrogen (secondary N) is 1. The molecule has 0 aliphatic heterocycles. The second kappa shape index (κ2) is 7.01. The first-order valence-electron chi connectivity index (χ1n) is 8.07. The van der Waals surface area contributed by atoms with Crippen molar-refractivity contribution in [1.29, 1.82) is 0 Å². The van der Waals surface area contributed by atoms with E-state index in [2.05, 4.69) is 10.3 Å². The van der Waals surface area contributed by atoms with E-state index in [0.717, 1.165) is 22.2 Å². The number of rotatable bonds is 5. The predicted molar refractivity (Wildman–Crippen MR) is 101 cm³/mol. The number of methoxy groups -OCH3 is 1. The highest BCUT2D eigenvalue weighted by Crippen LogP contribution is 2.28. The van der Waals surface area contributed by atoms with Crippen LogP contribution in [0.3, 0.4) is 0 Å². The van der Waals surface area contributed by atoms with Crippen LogP contribution in [-0.4, -0.2) is 18.0 Å². The Balaban J connectivity index is 1.50. The Kier molecular flexibility index (Phi) is 4.41. The van der Waals surface area contributed by atoms with Gasteiger partial charge in [0.05, 0.1) is 12.8 Å². The second-order valence-electron chi connectivity index (χ2n) is 5.73. The van der Waals surface area contributed by atoms with Gasteiger partial charge in [-0.2, -0.15) is 11.3 Å². The highest BCUT2D eigenvalue weighted by Gasteiger charge is 2.14. The van der Waals surface area contributed by atoms with E-state index in [-0.39, 0.29) is 11.7 Å². The van der Waals surface area contributed by atoms with Gasteiger partial charge in [0.25, 0.3) is 5.91 Å². The van der Waals surface area contributed by atoms with Crippen LogP contribution in [0.2, 0.25) is 0 Å². The molecule has 0 bridgehead atoms. The summed E-state index contributed by atoms with van der Waals surface area (Å²) in [5.74, 6) is 0.602. The van der Waals surface area contributed by atoms with Crippen LogP contribution >= 0.6 is 11.3 Å². The quantitative estimate of drug-likeness (QED) is 0.566. The molecular weight excluding hydrogens is 348 g/mol. The van der Waals surface area contributed by atoms with Crippen LogP contribution in [0, 0.1) is 0 Å². The first-order chi connectivity index (χ1) is 12.7. The van der Waals surface area contributed by atoms with Crippen LogP contribution in [0.25, 0.3) is 22.2 Å². The summed E-state index contributed by atoms with van der Waals surface area (Å²) in [5.41, 5.74) is 3.52. The van der Waals surface area contributed by atoms with Crippen LogP contribution in [0.15, 0.2) is 63.8 Å². The number of thiophene rings is 1. The molecule has 0 radical (unpaired) electrons. The lowest BCUT2D eigenvalue weighted by molar-refractivity contribution is 0.0925. The lowest BCUT2D eigenvalue weighted by Gasteiger charge is -2.05. The van der Waals surface area contributed by atoms with Crippen LogP contribution in [-0.2, 0) is 6.54 Å². The van der Waals surface area contributed by atoms with Crippen molar-refractivity contribution in [1.82, 2.24) is 10.3 Å². The Hall–Kier alpha value is -3.12. The number of amides is 1. The van der Waals surface area contributed by atoms with Crippen molar-refractivity contribution in [3.8, 4) is 17.0 Å². The third-order valence-electron chi connectivity index (χ3n) is 4.05. The van der Waals surface area contributed by atoms with E-state index >= 15 is 0 Å². The number of hydrogen-bond donors (Lipinski definition) is 1. The second-order valence-corrected chi connectivity index (χ2v) is 6.51. The maximum Gasteiger partial charge on any atom is 0.287 e. The molecule has 0 aliphatic rings. The van der Waals surface area contributed by atoms with Crippen molar-refractivity contribution in [2.45, 2.75) is 6.54 Å². The molecule has 1 amide bonds. The van der Waals surface area contributed by atoms with Gasteiger partial charge in [-0.05, 0) is 41.3 Å². The number of fused-ring (bicyclic) bond motifs is 1. The Bertz CT molecular complexity index is 1050. The van der Waals surface area contributed by atoms with Crippen LogP contribution < -0.4 is 10.1 Å². The number of carbonyl (C=O) groups excluding carboxylic acids is 1. The summed E-state index contributed by atoms with van der Waals surface area (Å²) in [7, 11) is 1.57. The van der Waals surface area contributed by atoms with Gasteiger partial charge in [-0.15, -0.1) is 0 Å². The van der Waals surface area contributed by atoms with Crippen molar-refractivity contribution < 1.29 is 13.9 Å². The van der Waals surface area contributed by atoms with Crippen molar-refractivity contribution in [2.75, 3.05) is 7.11 Å². The monoisotopic (exact) mass is 364 g/mol. The molecule has 3 heterocycles. The van der Waals surface area contributed by atoms with E-state index < -0.39 is 0 Å². The van der Waals surface area contributed by atoms with Crippen LogP contribution in [0.1, 0.15) is 16.1 Å². The molecule has 0 spiro atoms.